The van der Waals surface area contributed by atoms with Crippen LogP contribution in [0, 0.1) is 20.8 Å². The highest BCUT2D eigenvalue weighted by Gasteiger charge is 2.10. The first-order chi connectivity index (χ1) is 10.0. The molecule has 2 heterocycles. The number of amides is 1. The summed E-state index contributed by atoms with van der Waals surface area (Å²) in [6.07, 6.45) is 0. The number of aromatic nitrogens is 2. The van der Waals surface area contributed by atoms with Crippen LogP contribution in [0.4, 0.5) is 0 Å². The molecule has 0 fully saturated rings. The maximum Gasteiger partial charge on any atom is 0.251 e. The van der Waals surface area contributed by atoms with Crippen LogP contribution in [-0.4, -0.2) is 16.0 Å². The van der Waals surface area contributed by atoms with Crippen molar-refractivity contribution < 1.29 is 9.32 Å². The van der Waals surface area contributed by atoms with Crippen molar-refractivity contribution in [3.05, 3.63) is 52.5 Å². The minimum Gasteiger partial charge on any atom is -0.359 e. The zero-order valence-electron chi connectivity index (χ0n) is 12.3. The number of benzene rings is 1. The summed E-state index contributed by atoms with van der Waals surface area (Å²) in [4.78, 5) is 15.5. The maximum atomic E-state index is 12.2. The van der Waals surface area contributed by atoms with Gasteiger partial charge >= 0.3 is 0 Å². The van der Waals surface area contributed by atoms with Gasteiger partial charge < -0.3 is 14.8 Å². The summed E-state index contributed by atoms with van der Waals surface area (Å²) >= 11 is 0. The summed E-state index contributed by atoms with van der Waals surface area (Å²) in [6, 6.07) is 7.47. The average molecular weight is 283 g/mol. The van der Waals surface area contributed by atoms with E-state index in [2.05, 4.69) is 15.5 Å². The van der Waals surface area contributed by atoms with Crippen molar-refractivity contribution in [3.63, 3.8) is 0 Å². The molecule has 108 valence electrons. The van der Waals surface area contributed by atoms with Crippen LogP contribution in [0.25, 0.3) is 10.9 Å². The van der Waals surface area contributed by atoms with Crippen LogP contribution in [0.3, 0.4) is 0 Å². The molecule has 3 rings (SSSR count). The van der Waals surface area contributed by atoms with Crippen LogP contribution in [-0.2, 0) is 6.54 Å². The number of rotatable bonds is 3. The van der Waals surface area contributed by atoms with Crippen LogP contribution < -0.4 is 5.32 Å². The highest BCUT2D eigenvalue weighted by atomic mass is 16.5. The molecule has 2 N–H and O–H groups in total. The molecular formula is C16H17N3O2. The molecule has 0 aliphatic rings. The highest BCUT2D eigenvalue weighted by Crippen LogP contribution is 2.22. The third-order valence-corrected chi connectivity index (χ3v) is 3.67. The van der Waals surface area contributed by atoms with Gasteiger partial charge in [0.1, 0.15) is 0 Å². The Labute approximate surface area is 122 Å². The summed E-state index contributed by atoms with van der Waals surface area (Å²) in [7, 11) is 0. The summed E-state index contributed by atoms with van der Waals surface area (Å²) in [5.74, 6) is 0.528. The molecule has 0 saturated carbocycles. The summed E-state index contributed by atoms with van der Waals surface area (Å²) in [5.41, 5.74) is 4.79. The molecule has 0 bridgehead atoms. The average Bonchev–Trinajstić information content (AvgIpc) is 3.01. The summed E-state index contributed by atoms with van der Waals surface area (Å²) < 4.78 is 5.07. The number of carbonyl (C=O) groups excluding carboxylic acids is 1. The predicted molar refractivity (Wildman–Crippen MR) is 80.2 cm³/mol. The van der Waals surface area contributed by atoms with Crippen molar-refractivity contribution in [1.29, 1.82) is 0 Å². The van der Waals surface area contributed by atoms with E-state index in [4.69, 9.17) is 4.52 Å². The second-order valence-electron chi connectivity index (χ2n) is 5.25. The fourth-order valence-corrected chi connectivity index (χ4v) is 2.37. The van der Waals surface area contributed by atoms with Gasteiger partial charge in [-0.2, -0.15) is 0 Å². The Morgan fingerprint density at radius 2 is 2.10 bits per heavy atom. The van der Waals surface area contributed by atoms with E-state index in [-0.39, 0.29) is 5.91 Å². The Morgan fingerprint density at radius 1 is 1.29 bits per heavy atom. The van der Waals surface area contributed by atoms with E-state index in [1.54, 1.807) is 0 Å². The molecule has 5 nitrogen and oxygen atoms in total. The Kier molecular flexibility index (Phi) is 3.25. The van der Waals surface area contributed by atoms with E-state index >= 15 is 0 Å². The molecule has 0 spiro atoms. The fraction of sp³-hybridized carbons (Fsp3) is 0.250. The molecule has 21 heavy (non-hydrogen) atoms. The number of aromatic amines is 1. The first-order valence-corrected chi connectivity index (χ1v) is 6.84. The second-order valence-corrected chi connectivity index (χ2v) is 5.25. The van der Waals surface area contributed by atoms with Gasteiger partial charge in [-0.1, -0.05) is 5.16 Å². The van der Waals surface area contributed by atoms with Crippen molar-refractivity contribution in [2.24, 2.45) is 0 Å². The van der Waals surface area contributed by atoms with E-state index in [0.717, 1.165) is 22.3 Å². The van der Waals surface area contributed by atoms with Gasteiger partial charge in [0.05, 0.1) is 12.2 Å². The van der Waals surface area contributed by atoms with E-state index in [9.17, 15) is 4.79 Å². The van der Waals surface area contributed by atoms with Gasteiger partial charge in [-0.05, 0) is 44.5 Å². The molecule has 1 aromatic carbocycles. The molecule has 2 aromatic heterocycles. The van der Waals surface area contributed by atoms with Crippen molar-refractivity contribution in [2.75, 3.05) is 0 Å². The standard InChI is InChI=1S/C16H17N3O2/c1-9-6-13(21-19-9)8-17-16(20)12-4-5-15-14(7-12)10(2)11(3)18-15/h4-7,18H,8H2,1-3H3,(H,17,20). The zero-order valence-corrected chi connectivity index (χ0v) is 12.3. The fourth-order valence-electron chi connectivity index (χ4n) is 2.37. The lowest BCUT2D eigenvalue weighted by Gasteiger charge is -2.03. The smallest absolute Gasteiger partial charge is 0.251 e. The topological polar surface area (TPSA) is 70.9 Å². The Balaban J connectivity index is 1.79. The minimum absolute atomic E-state index is 0.121. The minimum atomic E-state index is -0.121. The van der Waals surface area contributed by atoms with E-state index in [1.807, 2.05) is 45.0 Å². The third-order valence-electron chi connectivity index (χ3n) is 3.67. The van der Waals surface area contributed by atoms with Gasteiger partial charge in [-0.15, -0.1) is 0 Å². The summed E-state index contributed by atoms with van der Waals surface area (Å²) in [6.45, 7) is 6.26. The lowest BCUT2D eigenvalue weighted by atomic mass is 10.1. The van der Waals surface area contributed by atoms with Gasteiger partial charge in [0, 0.05) is 28.2 Å². The van der Waals surface area contributed by atoms with Crippen molar-refractivity contribution in [3.8, 4) is 0 Å². The van der Waals surface area contributed by atoms with E-state index in [0.29, 0.717) is 17.9 Å². The van der Waals surface area contributed by atoms with Crippen LogP contribution in [0.15, 0.2) is 28.8 Å². The Bertz CT molecular complexity index is 814. The van der Waals surface area contributed by atoms with E-state index < -0.39 is 0 Å². The number of H-pyrrole nitrogens is 1. The highest BCUT2D eigenvalue weighted by molar-refractivity contribution is 5.98. The first kappa shape index (κ1) is 13.4. The van der Waals surface area contributed by atoms with Crippen LogP contribution in [0.2, 0.25) is 0 Å². The molecule has 0 radical (unpaired) electrons. The molecule has 3 aromatic rings. The third kappa shape index (κ3) is 2.54. The van der Waals surface area contributed by atoms with Crippen molar-refractivity contribution in [2.45, 2.75) is 27.3 Å². The molecule has 0 unspecified atom stereocenters. The van der Waals surface area contributed by atoms with Gasteiger partial charge in [0.2, 0.25) is 0 Å². The van der Waals surface area contributed by atoms with Crippen LogP contribution in [0.5, 0.6) is 0 Å². The lowest BCUT2D eigenvalue weighted by Crippen LogP contribution is -2.22. The SMILES string of the molecule is Cc1cc(CNC(=O)c2ccc3[nH]c(C)c(C)c3c2)on1. The summed E-state index contributed by atoms with van der Waals surface area (Å²) in [5, 5.41) is 7.71. The largest absolute Gasteiger partial charge is 0.359 e. The number of nitrogens with one attached hydrogen (secondary N) is 2. The predicted octanol–water partition coefficient (Wildman–Crippen LogP) is 3.01. The molecule has 5 heteroatoms. The van der Waals surface area contributed by atoms with Crippen molar-refractivity contribution >= 4 is 16.8 Å². The van der Waals surface area contributed by atoms with Crippen LogP contribution >= 0.6 is 0 Å². The number of carbonyl (C=O) groups is 1. The molecule has 0 atom stereocenters. The first-order valence-electron chi connectivity index (χ1n) is 6.84. The second kappa shape index (κ2) is 5.09. The monoisotopic (exact) mass is 283 g/mol. The van der Waals surface area contributed by atoms with Crippen molar-refractivity contribution in [1.82, 2.24) is 15.5 Å². The van der Waals surface area contributed by atoms with Gasteiger partial charge in [0.15, 0.2) is 5.76 Å². The number of hydrogen-bond acceptors (Lipinski definition) is 3. The molecular weight excluding hydrogens is 266 g/mol. The molecule has 0 saturated heterocycles. The Hall–Kier alpha value is -2.56. The number of fused-ring (bicyclic) bond motifs is 1. The van der Waals surface area contributed by atoms with Gasteiger partial charge in [-0.25, -0.2) is 0 Å². The van der Waals surface area contributed by atoms with Crippen LogP contribution in [0.1, 0.15) is 33.1 Å². The normalized spacial score (nSPS) is 11.0. The number of aryl methyl sites for hydroxylation is 3. The number of hydrogen-bond donors (Lipinski definition) is 2. The quantitative estimate of drug-likeness (QED) is 0.776. The number of nitrogens with zero attached hydrogens (tertiary/aromatic N) is 1. The molecule has 0 aliphatic heterocycles. The maximum absolute atomic E-state index is 12.2. The Morgan fingerprint density at radius 3 is 2.81 bits per heavy atom. The van der Waals surface area contributed by atoms with E-state index in [1.165, 1.54) is 5.56 Å². The lowest BCUT2D eigenvalue weighted by molar-refractivity contribution is 0.0947. The van der Waals surface area contributed by atoms with Gasteiger partial charge in [0.25, 0.3) is 5.91 Å². The zero-order chi connectivity index (χ0) is 15.0. The molecule has 1 amide bonds. The van der Waals surface area contributed by atoms with Gasteiger partial charge in [-0.3, -0.25) is 4.79 Å². The molecule has 0 aliphatic carbocycles.